The highest BCUT2D eigenvalue weighted by Crippen LogP contribution is 2.38. The quantitative estimate of drug-likeness (QED) is 0.532. The van der Waals surface area contributed by atoms with Gasteiger partial charge in [0, 0.05) is 88.0 Å². The van der Waals surface area contributed by atoms with E-state index >= 15 is 0 Å². The summed E-state index contributed by atoms with van der Waals surface area (Å²) < 4.78 is 18.0. The van der Waals surface area contributed by atoms with E-state index in [0.29, 0.717) is 41.8 Å². The number of fused-ring (bicyclic) bond motifs is 1. The third kappa shape index (κ3) is 6.56. The van der Waals surface area contributed by atoms with E-state index in [9.17, 15) is 4.79 Å². The fourth-order valence-corrected chi connectivity index (χ4v) is 6.49. The Hall–Kier alpha value is -3.05. The predicted octanol–water partition coefficient (Wildman–Crippen LogP) is 4.01. The van der Waals surface area contributed by atoms with Crippen LogP contribution in [0.5, 0.6) is 5.88 Å². The van der Waals surface area contributed by atoms with Crippen molar-refractivity contribution in [3.05, 3.63) is 29.5 Å². The van der Waals surface area contributed by atoms with Crippen LogP contribution in [-0.4, -0.2) is 89.4 Å². The summed E-state index contributed by atoms with van der Waals surface area (Å²) >= 11 is 6.06. The van der Waals surface area contributed by atoms with Gasteiger partial charge in [-0.25, -0.2) is 9.78 Å². The number of pyridine rings is 1. The third-order valence-electron chi connectivity index (χ3n) is 8.50. The van der Waals surface area contributed by atoms with Gasteiger partial charge in [-0.1, -0.05) is 11.6 Å². The molecule has 4 fully saturated rings. The molecular formula is C29H40ClN7O4. The maximum atomic E-state index is 12.3. The molecule has 12 heteroatoms. The molecule has 5 heterocycles. The van der Waals surface area contributed by atoms with E-state index in [1.165, 1.54) is 0 Å². The first-order valence-electron chi connectivity index (χ1n) is 14.6. The van der Waals surface area contributed by atoms with Gasteiger partial charge in [0.25, 0.3) is 0 Å². The summed E-state index contributed by atoms with van der Waals surface area (Å²) in [5.74, 6) is 2.17. The van der Waals surface area contributed by atoms with Gasteiger partial charge in [0.1, 0.15) is 11.7 Å². The molecule has 1 amide bonds. The third-order valence-corrected chi connectivity index (χ3v) is 8.68. The van der Waals surface area contributed by atoms with Crippen LogP contribution in [0.1, 0.15) is 46.5 Å². The summed E-state index contributed by atoms with van der Waals surface area (Å²) in [6, 6.07) is 5.93. The van der Waals surface area contributed by atoms with Gasteiger partial charge in [0.2, 0.25) is 5.88 Å². The van der Waals surface area contributed by atoms with Crippen LogP contribution < -0.4 is 20.3 Å². The molecule has 41 heavy (non-hydrogen) atoms. The van der Waals surface area contributed by atoms with E-state index in [4.69, 9.17) is 31.5 Å². The van der Waals surface area contributed by atoms with Crippen molar-refractivity contribution in [3.8, 4) is 5.88 Å². The first kappa shape index (κ1) is 28.1. The van der Waals surface area contributed by atoms with Crippen LogP contribution in [0.2, 0.25) is 5.15 Å². The Morgan fingerprint density at radius 3 is 2.34 bits per heavy atom. The van der Waals surface area contributed by atoms with Crippen molar-refractivity contribution in [3.63, 3.8) is 0 Å². The van der Waals surface area contributed by atoms with Gasteiger partial charge in [-0.05, 0) is 39.7 Å². The second kappa shape index (κ2) is 11.3. The Balaban J connectivity index is 0.935. The smallest absolute Gasteiger partial charge is 0.410 e. The van der Waals surface area contributed by atoms with E-state index in [1.807, 2.05) is 27.0 Å². The summed E-state index contributed by atoms with van der Waals surface area (Å²) in [5, 5.41) is 8.17. The lowest BCUT2D eigenvalue weighted by molar-refractivity contribution is -0.110. The standard InChI is InChI=1S/C29H40ClN7O4/c1-29(2,3)41-28(38)35-8-5-21(6-9-35)39-22-11-23(12-22)40-26-10-20(4-7-32-26)36-14-18-16-37(17-19(18)15-36)24-13-25(30)33-34-27(24)31/h4,7,10,13,18-19,21-23H,5-6,8-9,11-12,14-17H2,1-3H3,(H2,31,34)/t18-,19+,22?,23?. The van der Waals surface area contributed by atoms with Crippen molar-refractivity contribution < 1.29 is 19.0 Å². The van der Waals surface area contributed by atoms with Gasteiger partial charge in [-0.3, -0.25) is 0 Å². The highest BCUT2D eigenvalue weighted by molar-refractivity contribution is 6.29. The number of amides is 1. The minimum Gasteiger partial charge on any atom is -0.474 e. The number of aromatic nitrogens is 3. The minimum absolute atomic E-state index is 0.113. The first-order valence-corrected chi connectivity index (χ1v) is 15.0. The summed E-state index contributed by atoms with van der Waals surface area (Å²) in [6.07, 6.45) is 5.47. The summed E-state index contributed by atoms with van der Waals surface area (Å²) in [5.41, 5.74) is 7.62. The number of hydrogen-bond donors (Lipinski definition) is 1. The predicted molar refractivity (Wildman–Crippen MR) is 156 cm³/mol. The van der Waals surface area contributed by atoms with Gasteiger partial charge in [-0.2, -0.15) is 0 Å². The number of carbonyl (C=O) groups is 1. The molecule has 2 atom stereocenters. The molecule has 0 radical (unpaired) electrons. The average molecular weight is 586 g/mol. The molecule has 0 aromatic carbocycles. The second-order valence-electron chi connectivity index (χ2n) is 12.8. The van der Waals surface area contributed by atoms with Gasteiger partial charge >= 0.3 is 6.09 Å². The number of ether oxygens (including phenoxy) is 3. The molecule has 3 aliphatic heterocycles. The molecule has 0 bridgehead atoms. The number of anilines is 3. The fourth-order valence-electron chi connectivity index (χ4n) is 6.35. The maximum absolute atomic E-state index is 12.3. The van der Waals surface area contributed by atoms with Crippen LogP contribution >= 0.6 is 11.6 Å². The zero-order valence-electron chi connectivity index (χ0n) is 24.0. The SMILES string of the molecule is CC(C)(C)OC(=O)N1CCC(OC2CC(Oc3cc(N4C[C@@H]5CN(c6cc(Cl)nnc6N)C[C@@H]5C4)ccn3)C2)CC1. The molecule has 3 saturated heterocycles. The molecule has 222 valence electrons. The van der Waals surface area contributed by atoms with Gasteiger partial charge < -0.3 is 34.6 Å². The Labute approximate surface area is 246 Å². The van der Waals surface area contributed by atoms with Gasteiger partial charge in [-0.15, -0.1) is 10.2 Å². The van der Waals surface area contributed by atoms with Crippen molar-refractivity contribution >= 4 is 34.9 Å². The largest absolute Gasteiger partial charge is 0.474 e. The molecule has 4 aliphatic rings. The number of hydrogen-bond acceptors (Lipinski definition) is 10. The van der Waals surface area contributed by atoms with Crippen molar-refractivity contribution in [2.24, 2.45) is 11.8 Å². The number of carbonyl (C=O) groups excluding carboxylic acids is 1. The summed E-state index contributed by atoms with van der Waals surface area (Å²) in [4.78, 5) is 23.3. The highest BCUT2D eigenvalue weighted by Gasteiger charge is 2.41. The lowest BCUT2D eigenvalue weighted by Gasteiger charge is -2.39. The molecule has 2 aromatic heterocycles. The number of rotatable bonds is 6. The van der Waals surface area contributed by atoms with Crippen molar-refractivity contribution in [1.29, 1.82) is 0 Å². The topological polar surface area (TPSA) is 119 Å². The molecule has 2 aromatic rings. The van der Waals surface area contributed by atoms with Crippen LogP contribution in [0.25, 0.3) is 0 Å². The number of likely N-dealkylation sites (tertiary alicyclic amines) is 1. The van der Waals surface area contributed by atoms with E-state index in [-0.39, 0.29) is 24.4 Å². The minimum atomic E-state index is -0.473. The van der Waals surface area contributed by atoms with Crippen LogP contribution in [0.3, 0.4) is 0 Å². The molecule has 0 spiro atoms. The Morgan fingerprint density at radius 1 is 0.976 bits per heavy atom. The summed E-state index contributed by atoms with van der Waals surface area (Å²) in [6.45, 7) is 10.8. The highest BCUT2D eigenvalue weighted by atomic mass is 35.5. The normalized spacial score (nSPS) is 26.6. The molecule has 1 aliphatic carbocycles. The Morgan fingerprint density at radius 2 is 1.66 bits per heavy atom. The maximum Gasteiger partial charge on any atom is 0.410 e. The number of piperidine rings is 1. The molecule has 11 nitrogen and oxygen atoms in total. The lowest BCUT2D eigenvalue weighted by Crippen LogP contribution is -2.46. The molecule has 2 N–H and O–H groups in total. The van der Waals surface area contributed by atoms with Gasteiger partial charge in [0.05, 0.1) is 17.9 Å². The van der Waals surface area contributed by atoms with E-state index in [1.54, 1.807) is 11.0 Å². The molecule has 0 unspecified atom stereocenters. The van der Waals surface area contributed by atoms with Crippen LogP contribution in [0, 0.1) is 11.8 Å². The number of nitrogen functional groups attached to an aromatic ring is 1. The van der Waals surface area contributed by atoms with Crippen LogP contribution in [-0.2, 0) is 9.47 Å². The fraction of sp³-hybridized carbons (Fsp3) is 0.655. The van der Waals surface area contributed by atoms with Gasteiger partial charge in [0.15, 0.2) is 11.0 Å². The van der Waals surface area contributed by atoms with E-state index in [2.05, 4.69) is 37.1 Å². The van der Waals surface area contributed by atoms with Crippen LogP contribution in [0.4, 0.5) is 22.0 Å². The van der Waals surface area contributed by atoms with Crippen molar-refractivity contribution in [2.45, 2.75) is 70.4 Å². The number of halogens is 1. The zero-order chi connectivity index (χ0) is 28.7. The Kier molecular flexibility index (Phi) is 7.76. The van der Waals surface area contributed by atoms with Crippen molar-refractivity contribution in [1.82, 2.24) is 20.1 Å². The molecule has 1 saturated carbocycles. The van der Waals surface area contributed by atoms with Crippen molar-refractivity contribution in [2.75, 3.05) is 54.8 Å². The monoisotopic (exact) mass is 585 g/mol. The first-order chi connectivity index (χ1) is 19.6. The number of nitrogens with two attached hydrogens (primary N) is 1. The van der Waals surface area contributed by atoms with Crippen LogP contribution in [0.15, 0.2) is 24.4 Å². The molecule has 6 rings (SSSR count). The molecular weight excluding hydrogens is 546 g/mol. The second-order valence-corrected chi connectivity index (χ2v) is 13.1. The lowest BCUT2D eigenvalue weighted by atomic mass is 9.91. The number of nitrogens with zero attached hydrogens (tertiary/aromatic N) is 6. The van der Waals surface area contributed by atoms with E-state index < -0.39 is 5.60 Å². The zero-order valence-corrected chi connectivity index (χ0v) is 24.8. The van der Waals surface area contributed by atoms with E-state index in [0.717, 1.165) is 63.2 Å². The average Bonchev–Trinajstić information content (AvgIpc) is 3.48. The Bertz CT molecular complexity index is 1230. The summed E-state index contributed by atoms with van der Waals surface area (Å²) in [7, 11) is 0.